The molecule has 0 aromatic heterocycles. The van der Waals surface area contributed by atoms with E-state index in [-0.39, 0.29) is 0 Å². The molecule has 1 N–H and O–H groups in total. The lowest BCUT2D eigenvalue weighted by atomic mass is 10.2. The highest BCUT2D eigenvalue weighted by molar-refractivity contribution is 7.99. The zero-order valence-electron chi connectivity index (χ0n) is 10.3. The third-order valence-electron chi connectivity index (χ3n) is 3.04. The lowest BCUT2D eigenvalue weighted by Crippen LogP contribution is -2.37. The summed E-state index contributed by atoms with van der Waals surface area (Å²) in [6.07, 6.45) is 0. The zero-order valence-corrected chi connectivity index (χ0v) is 12.6. The van der Waals surface area contributed by atoms with Crippen LogP contribution in [-0.4, -0.2) is 42.6 Å². The Kier molecular flexibility index (Phi) is 6.12. The molecule has 2 rings (SSSR count). The molecule has 0 amide bonds. The molecule has 18 heavy (non-hydrogen) atoms. The van der Waals surface area contributed by atoms with Crippen LogP contribution in [0.1, 0.15) is 5.56 Å². The average Bonchev–Trinajstić information content (AvgIpc) is 2.38. The van der Waals surface area contributed by atoms with Crippen molar-refractivity contribution in [3.8, 4) is 0 Å². The molecule has 0 aliphatic carbocycles. The molecule has 1 aromatic carbocycles. The minimum Gasteiger partial charge on any atom is -0.311 e. The molecule has 0 atom stereocenters. The smallest absolute Gasteiger partial charge is 0.0465 e. The van der Waals surface area contributed by atoms with E-state index in [1.165, 1.54) is 24.6 Å². The molecule has 2 nitrogen and oxygen atoms in total. The van der Waals surface area contributed by atoms with Crippen LogP contribution in [0.25, 0.3) is 0 Å². The molecule has 1 saturated heterocycles. The Bertz CT molecular complexity index is 381. The van der Waals surface area contributed by atoms with Crippen LogP contribution in [0.15, 0.2) is 18.2 Å². The van der Waals surface area contributed by atoms with Gasteiger partial charge < -0.3 is 10.2 Å². The predicted molar refractivity (Wildman–Crippen MR) is 81.9 cm³/mol. The van der Waals surface area contributed by atoms with Gasteiger partial charge in [0, 0.05) is 54.3 Å². The molecule has 0 spiro atoms. The number of nitrogens with zero attached hydrogens (tertiary/aromatic N) is 1. The van der Waals surface area contributed by atoms with Gasteiger partial charge in [-0.2, -0.15) is 11.8 Å². The van der Waals surface area contributed by atoms with Crippen LogP contribution < -0.4 is 5.32 Å². The third kappa shape index (κ3) is 4.63. The maximum Gasteiger partial charge on any atom is 0.0465 e. The molecule has 5 heteroatoms. The van der Waals surface area contributed by atoms with E-state index in [9.17, 15) is 0 Å². The second kappa shape index (κ2) is 7.61. The van der Waals surface area contributed by atoms with Crippen molar-refractivity contribution in [1.82, 2.24) is 10.2 Å². The third-order valence-corrected chi connectivity index (χ3v) is 4.57. The van der Waals surface area contributed by atoms with Crippen molar-refractivity contribution in [3.05, 3.63) is 33.8 Å². The van der Waals surface area contributed by atoms with Crippen molar-refractivity contribution >= 4 is 35.0 Å². The normalized spacial score (nSPS) is 17.0. The Morgan fingerprint density at radius 2 is 2.00 bits per heavy atom. The monoisotopic (exact) mass is 304 g/mol. The first-order chi connectivity index (χ1) is 8.75. The molecule has 1 aliphatic heterocycles. The van der Waals surface area contributed by atoms with Crippen molar-refractivity contribution in [2.24, 2.45) is 0 Å². The predicted octanol–water partition coefficient (Wildman–Crippen LogP) is 3.13. The van der Waals surface area contributed by atoms with E-state index < -0.39 is 0 Å². The minimum atomic E-state index is 0.689. The minimum absolute atomic E-state index is 0.689. The highest BCUT2D eigenvalue weighted by Gasteiger charge is 2.09. The van der Waals surface area contributed by atoms with Crippen LogP contribution in [0.2, 0.25) is 10.0 Å². The van der Waals surface area contributed by atoms with Gasteiger partial charge in [0.05, 0.1) is 0 Å². The van der Waals surface area contributed by atoms with E-state index in [2.05, 4.69) is 10.2 Å². The number of hydrogen-bond donors (Lipinski definition) is 1. The average molecular weight is 305 g/mol. The number of thioether (sulfide) groups is 1. The highest BCUT2D eigenvalue weighted by atomic mass is 35.5. The fourth-order valence-corrected chi connectivity index (χ4v) is 3.40. The van der Waals surface area contributed by atoms with E-state index in [1.807, 2.05) is 23.9 Å². The number of hydrogen-bond acceptors (Lipinski definition) is 3. The molecular formula is C13H18Cl2N2S. The van der Waals surface area contributed by atoms with Gasteiger partial charge in [-0.15, -0.1) is 0 Å². The second-order valence-electron chi connectivity index (χ2n) is 4.37. The van der Waals surface area contributed by atoms with Crippen LogP contribution in [0, 0.1) is 0 Å². The summed E-state index contributed by atoms with van der Waals surface area (Å²) in [6.45, 7) is 5.36. The maximum atomic E-state index is 6.12. The first kappa shape index (κ1) is 14.5. The molecule has 0 bridgehead atoms. The van der Waals surface area contributed by atoms with Gasteiger partial charge in [0.15, 0.2) is 0 Å². The van der Waals surface area contributed by atoms with Gasteiger partial charge in [-0.3, -0.25) is 0 Å². The first-order valence-corrected chi connectivity index (χ1v) is 8.11. The van der Waals surface area contributed by atoms with Gasteiger partial charge in [0.1, 0.15) is 0 Å². The van der Waals surface area contributed by atoms with E-state index in [0.717, 1.165) is 30.2 Å². The quantitative estimate of drug-likeness (QED) is 0.842. The zero-order chi connectivity index (χ0) is 12.8. The fraction of sp³-hybridized carbons (Fsp3) is 0.538. The van der Waals surface area contributed by atoms with Gasteiger partial charge in [-0.1, -0.05) is 29.3 Å². The molecule has 1 fully saturated rings. The molecule has 1 aromatic rings. The Morgan fingerprint density at radius 3 is 2.72 bits per heavy atom. The summed E-state index contributed by atoms with van der Waals surface area (Å²) in [7, 11) is 0. The summed E-state index contributed by atoms with van der Waals surface area (Å²) in [5, 5.41) is 4.86. The summed E-state index contributed by atoms with van der Waals surface area (Å²) in [5.74, 6) is 2.53. The first-order valence-electron chi connectivity index (χ1n) is 6.20. The Morgan fingerprint density at radius 1 is 1.22 bits per heavy atom. The fourth-order valence-electron chi connectivity index (χ4n) is 1.95. The summed E-state index contributed by atoms with van der Waals surface area (Å²) >= 11 is 14.0. The van der Waals surface area contributed by atoms with E-state index in [0.29, 0.717) is 5.02 Å². The SMILES string of the molecule is Clc1ccc(CNCCN2CCSCC2)c(Cl)c1. The summed E-state index contributed by atoms with van der Waals surface area (Å²) < 4.78 is 0. The van der Waals surface area contributed by atoms with Crippen LogP contribution in [0.3, 0.4) is 0 Å². The standard InChI is InChI=1S/C13H18Cl2N2S/c14-12-2-1-11(13(15)9-12)10-16-3-4-17-5-7-18-8-6-17/h1-2,9,16H,3-8,10H2. The maximum absolute atomic E-state index is 6.12. The van der Waals surface area contributed by atoms with Crippen molar-refractivity contribution < 1.29 is 0 Å². The number of rotatable bonds is 5. The molecule has 100 valence electrons. The lowest BCUT2D eigenvalue weighted by molar-refractivity contribution is 0.301. The Labute approximate surface area is 123 Å². The largest absolute Gasteiger partial charge is 0.311 e. The van der Waals surface area contributed by atoms with Crippen molar-refractivity contribution in [2.45, 2.75) is 6.54 Å². The molecule has 1 aliphatic rings. The number of nitrogens with one attached hydrogen (secondary N) is 1. The molecule has 0 radical (unpaired) electrons. The van der Waals surface area contributed by atoms with Gasteiger partial charge >= 0.3 is 0 Å². The second-order valence-corrected chi connectivity index (χ2v) is 6.43. The van der Waals surface area contributed by atoms with Crippen LogP contribution in [-0.2, 0) is 6.54 Å². The topological polar surface area (TPSA) is 15.3 Å². The molecule has 0 unspecified atom stereocenters. The molecule has 1 heterocycles. The molecular weight excluding hydrogens is 287 g/mol. The van der Waals surface area contributed by atoms with Crippen molar-refractivity contribution in [2.75, 3.05) is 37.7 Å². The summed E-state index contributed by atoms with van der Waals surface area (Å²) in [4.78, 5) is 2.51. The van der Waals surface area contributed by atoms with E-state index >= 15 is 0 Å². The lowest BCUT2D eigenvalue weighted by Gasteiger charge is -2.26. The Hall–Kier alpha value is 0.0700. The van der Waals surface area contributed by atoms with Gasteiger partial charge in [-0.25, -0.2) is 0 Å². The number of benzene rings is 1. The van der Waals surface area contributed by atoms with E-state index in [4.69, 9.17) is 23.2 Å². The van der Waals surface area contributed by atoms with Gasteiger partial charge in [0.2, 0.25) is 0 Å². The highest BCUT2D eigenvalue weighted by Crippen LogP contribution is 2.20. The molecule has 0 saturated carbocycles. The Balaban J connectivity index is 1.68. The van der Waals surface area contributed by atoms with E-state index in [1.54, 1.807) is 6.07 Å². The van der Waals surface area contributed by atoms with Crippen molar-refractivity contribution in [1.29, 1.82) is 0 Å². The van der Waals surface area contributed by atoms with Crippen LogP contribution >= 0.6 is 35.0 Å². The summed E-state index contributed by atoms with van der Waals surface area (Å²) in [5.41, 5.74) is 1.11. The van der Waals surface area contributed by atoms with Crippen LogP contribution in [0.5, 0.6) is 0 Å². The summed E-state index contributed by atoms with van der Waals surface area (Å²) in [6, 6.07) is 5.66. The number of halogens is 2. The van der Waals surface area contributed by atoms with Gasteiger partial charge in [0.25, 0.3) is 0 Å². The van der Waals surface area contributed by atoms with Crippen molar-refractivity contribution in [3.63, 3.8) is 0 Å². The van der Waals surface area contributed by atoms with Gasteiger partial charge in [-0.05, 0) is 17.7 Å². The van der Waals surface area contributed by atoms with Crippen LogP contribution in [0.4, 0.5) is 0 Å².